The lowest BCUT2D eigenvalue weighted by Crippen LogP contribution is -2.07. The zero-order valence-electron chi connectivity index (χ0n) is 15.7. The number of hydrogen-bond donors (Lipinski definition) is 1. The highest BCUT2D eigenvalue weighted by Gasteiger charge is 2.11. The molecule has 138 valence electrons. The first-order valence-electron chi connectivity index (χ1n) is 8.81. The van der Waals surface area contributed by atoms with Crippen LogP contribution in [-0.2, 0) is 4.79 Å². The highest BCUT2D eigenvalue weighted by molar-refractivity contribution is 7.16. The molecule has 0 unspecified atom stereocenters. The van der Waals surface area contributed by atoms with Crippen molar-refractivity contribution in [3.05, 3.63) is 70.6 Å². The summed E-state index contributed by atoms with van der Waals surface area (Å²) >= 11 is 1.48. The van der Waals surface area contributed by atoms with Crippen LogP contribution in [0.4, 0.5) is 5.13 Å². The molecule has 0 aliphatic carbocycles. The van der Waals surface area contributed by atoms with E-state index >= 15 is 0 Å². The minimum atomic E-state index is -0.201. The molecule has 0 aliphatic heterocycles. The number of nitrogens with zero attached hydrogens (tertiary/aromatic N) is 1. The Bertz CT molecular complexity index is 941. The molecule has 0 saturated heterocycles. The number of carbonyl (C=O) groups excluding carboxylic acids is 1. The molecule has 0 bridgehead atoms. The Morgan fingerprint density at radius 3 is 2.48 bits per heavy atom. The van der Waals surface area contributed by atoms with Crippen molar-refractivity contribution < 1.29 is 9.53 Å². The first-order chi connectivity index (χ1) is 13.0. The molecule has 0 atom stereocenters. The zero-order valence-corrected chi connectivity index (χ0v) is 16.5. The van der Waals surface area contributed by atoms with Crippen LogP contribution in [0.25, 0.3) is 17.3 Å². The van der Waals surface area contributed by atoms with Crippen LogP contribution in [0.5, 0.6) is 5.75 Å². The number of thiazole rings is 1. The summed E-state index contributed by atoms with van der Waals surface area (Å²) in [6.07, 6.45) is 3.28. The molecule has 0 spiro atoms. The van der Waals surface area contributed by atoms with Gasteiger partial charge < -0.3 is 4.74 Å². The summed E-state index contributed by atoms with van der Waals surface area (Å²) in [7, 11) is 0. The number of benzene rings is 2. The summed E-state index contributed by atoms with van der Waals surface area (Å²) in [5.74, 6) is 0.620. The van der Waals surface area contributed by atoms with Gasteiger partial charge in [-0.05, 0) is 44.5 Å². The first kappa shape index (κ1) is 18.9. The molecule has 3 aromatic rings. The van der Waals surface area contributed by atoms with E-state index in [1.807, 2.05) is 38.1 Å². The van der Waals surface area contributed by atoms with Crippen molar-refractivity contribution in [2.24, 2.45) is 0 Å². The van der Waals surface area contributed by atoms with Gasteiger partial charge in [0.25, 0.3) is 0 Å². The molecule has 1 N–H and O–H groups in total. The second kappa shape index (κ2) is 8.64. The van der Waals surface area contributed by atoms with Crippen LogP contribution in [0.1, 0.15) is 22.9 Å². The maximum atomic E-state index is 12.2. The number of hydrogen-bond acceptors (Lipinski definition) is 4. The second-order valence-corrected chi connectivity index (χ2v) is 7.32. The third-order valence-electron chi connectivity index (χ3n) is 3.97. The van der Waals surface area contributed by atoms with Gasteiger partial charge in [-0.15, -0.1) is 11.3 Å². The molecule has 5 heteroatoms. The van der Waals surface area contributed by atoms with Crippen molar-refractivity contribution in [3.63, 3.8) is 0 Å². The monoisotopic (exact) mass is 378 g/mol. The maximum Gasteiger partial charge on any atom is 0.250 e. The van der Waals surface area contributed by atoms with Gasteiger partial charge in [-0.25, -0.2) is 4.98 Å². The first-order valence-corrected chi connectivity index (χ1v) is 9.63. The van der Waals surface area contributed by atoms with Gasteiger partial charge in [0.15, 0.2) is 5.13 Å². The minimum Gasteiger partial charge on any atom is -0.494 e. The zero-order chi connectivity index (χ0) is 19.2. The molecule has 1 amide bonds. The number of aromatic nitrogens is 1. The summed E-state index contributed by atoms with van der Waals surface area (Å²) in [5, 5.41) is 3.44. The summed E-state index contributed by atoms with van der Waals surface area (Å²) in [6, 6.07) is 15.8. The smallest absolute Gasteiger partial charge is 0.250 e. The fourth-order valence-corrected chi connectivity index (χ4v) is 3.43. The van der Waals surface area contributed by atoms with Gasteiger partial charge in [-0.1, -0.05) is 42.0 Å². The molecule has 0 aliphatic rings. The van der Waals surface area contributed by atoms with Crippen molar-refractivity contribution in [3.8, 4) is 17.0 Å². The van der Waals surface area contributed by atoms with E-state index in [0.29, 0.717) is 11.7 Å². The Hall–Kier alpha value is -2.92. The van der Waals surface area contributed by atoms with Gasteiger partial charge in [0.2, 0.25) is 5.91 Å². The molecular weight excluding hydrogens is 356 g/mol. The fourth-order valence-electron chi connectivity index (χ4n) is 2.59. The summed E-state index contributed by atoms with van der Waals surface area (Å²) in [5.41, 5.74) is 4.11. The highest BCUT2D eigenvalue weighted by Crippen LogP contribution is 2.30. The van der Waals surface area contributed by atoms with Crippen molar-refractivity contribution in [2.75, 3.05) is 11.9 Å². The standard InChI is InChI=1S/C22H22N2O2S/c1-4-26-19-12-7-17(8-13-19)9-14-20(25)23-22-24-21(16(3)27-22)18-10-5-15(2)6-11-18/h5-14H,4H2,1-3H3,(H,23,24,25)/b14-9+. The van der Waals surface area contributed by atoms with Crippen LogP contribution in [0, 0.1) is 13.8 Å². The topological polar surface area (TPSA) is 51.2 Å². The van der Waals surface area contributed by atoms with E-state index in [2.05, 4.69) is 41.5 Å². The second-order valence-electron chi connectivity index (χ2n) is 6.11. The van der Waals surface area contributed by atoms with Crippen molar-refractivity contribution >= 4 is 28.5 Å². The van der Waals surface area contributed by atoms with Gasteiger partial charge in [0.1, 0.15) is 5.75 Å². The summed E-state index contributed by atoms with van der Waals surface area (Å²) in [6.45, 7) is 6.65. The largest absolute Gasteiger partial charge is 0.494 e. The number of amides is 1. The minimum absolute atomic E-state index is 0.201. The average molecular weight is 378 g/mol. The summed E-state index contributed by atoms with van der Waals surface area (Å²) in [4.78, 5) is 17.8. The van der Waals surface area contributed by atoms with E-state index in [9.17, 15) is 4.79 Å². The Kier molecular flexibility index (Phi) is 6.04. The van der Waals surface area contributed by atoms with E-state index in [1.165, 1.54) is 23.0 Å². The number of nitrogens with one attached hydrogen (secondary N) is 1. The van der Waals surface area contributed by atoms with Crippen molar-refractivity contribution in [1.29, 1.82) is 0 Å². The Morgan fingerprint density at radius 2 is 1.81 bits per heavy atom. The van der Waals surface area contributed by atoms with Crippen molar-refractivity contribution in [1.82, 2.24) is 4.98 Å². The van der Waals surface area contributed by atoms with Crippen molar-refractivity contribution in [2.45, 2.75) is 20.8 Å². The maximum absolute atomic E-state index is 12.2. The molecule has 0 saturated carbocycles. The Morgan fingerprint density at radius 1 is 1.11 bits per heavy atom. The third kappa shape index (κ3) is 5.05. The number of carbonyl (C=O) groups is 1. The third-order valence-corrected chi connectivity index (χ3v) is 4.86. The van der Waals surface area contributed by atoms with Crippen LogP contribution >= 0.6 is 11.3 Å². The van der Waals surface area contributed by atoms with Crippen LogP contribution in [0.3, 0.4) is 0 Å². The van der Waals surface area contributed by atoms with Gasteiger partial charge in [-0.2, -0.15) is 0 Å². The number of ether oxygens (including phenoxy) is 1. The van der Waals surface area contributed by atoms with E-state index < -0.39 is 0 Å². The predicted molar refractivity (Wildman–Crippen MR) is 112 cm³/mol. The van der Waals surface area contributed by atoms with Gasteiger partial charge in [0.05, 0.1) is 12.3 Å². The number of rotatable bonds is 6. The molecule has 1 heterocycles. The van der Waals surface area contributed by atoms with E-state index in [0.717, 1.165) is 27.4 Å². The van der Waals surface area contributed by atoms with E-state index in [1.54, 1.807) is 6.08 Å². The van der Waals surface area contributed by atoms with Gasteiger partial charge in [-0.3, -0.25) is 10.1 Å². The van der Waals surface area contributed by atoms with E-state index in [-0.39, 0.29) is 5.91 Å². The molecule has 0 radical (unpaired) electrons. The number of anilines is 1. The summed E-state index contributed by atoms with van der Waals surface area (Å²) < 4.78 is 5.41. The quantitative estimate of drug-likeness (QED) is 0.578. The molecular formula is C22H22N2O2S. The van der Waals surface area contributed by atoms with Crippen LogP contribution < -0.4 is 10.1 Å². The lowest BCUT2D eigenvalue weighted by molar-refractivity contribution is -0.111. The molecule has 4 nitrogen and oxygen atoms in total. The van der Waals surface area contributed by atoms with E-state index in [4.69, 9.17) is 4.74 Å². The molecule has 27 heavy (non-hydrogen) atoms. The normalized spacial score (nSPS) is 10.9. The Balaban J connectivity index is 1.65. The lowest BCUT2D eigenvalue weighted by Gasteiger charge is -2.02. The number of aryl methyl sites for hydroxylation is 2. The lowest BCUT2D eigenvalue weighted by atomic mass is 10.1. The SMILES string of the molecule is CCOc1ccc(/C=C/C(=O)Nc2nc(-c3ccc(C)cc3)c(C)s2)cc1. The molecule has 1 aromatic heterocycles. The molecule has 3 rings (SSSR count). The highest BCUT2D eigenvalue weighted by atomic mass is 32.1. The van der Waals surface area contributed by atoms with Gasteiger partial charge in [0, 0.05) is 16.5 Å². The van der Waals surface area contributed by atoms with Crippen LogP contribution in [0.2, 0.25) is 0 Å². The fraction of sp³-hybridized carbons (Fsp3) is 0.182. The predicted octanol–water partition coefficient (Wildman–Crippen LogP) is 5.48. The average Bonchev–Trinajstić information content (AvgIpc) is 3.02. The Labute approximate surface area is 163 Å². The molecule has 0 fully saturated rings. The van der Waals surface area contributed by atoms with Crippen LogP contribution in [0.15, 0.2) is 54.6 Å². The molecule has 2 aromatic carbocycles. The van der Waals surface area contributed by atoms with Crippen LogP contribution in [-0.4, -0.2) is 17.5 Å². The van der Waals surface area contributed by atoms with Gasteiger partial charge >= 0.3 is 0 Å².